The monoisotopic (exact) mass is 525 g/mol. The number of hydrogen-bond acceptors (Lipinski definition) is 9. The van der Waals surface area contributed by atoms with Gasteiger partial charge in [0.05, 0.1) is 17.0 Å². The van der Waals surface area contributed by atoms with Crippen LogP contribution in [0.5, 0.6) is 5.88 Å². The van der Waals surface area contributed by atoms with Crippen molar-refractivity contribution in [2.24, 2.45) is 5.73 Å². The minimum Gasteiger partial charge on any atom is -0.391 e. The van der Waals surface area contributed by atoms with Crippen molar-refractivity contribution in [3.63, 3.8) is 0 Å². The van der Waals surface area contributed by atoms with Crippen LogP contribution in [0.4, 0.5) is 4.79 Å². The molecule has 0 spiro atoms. The average molecular weight is 526 g/mol. The molecular weight excluding hydrogens is 502 g/mol. The Bertz CT molecular complexity index is 1380. The normalized spacial score (nSPS) is 10.7. The van der Waals surface area contributed by atoms with Gasteiger partial charge in [0.2, 0.25) is 11.8 Å². The van der Waals surface area contributed by atoms with Gasteiger partial charge >= 0.3 is 6.09 Å². The van der Waals surface area contributed by atoms with Gasteiger partial charge in [-0.05, 0) is 42.3 Å². The number of nitrogens with one attached hydrogen (secondary N) is 3. The lowest BCUT2D eigenvalue weighted by atomic mass is 10.1. The maximum atomic E-state index is 12.6. The van der Waals surface area contributed by atoms with Crippen LogP contribution in [0, 0.1) is 0 Å². The van der Waals surface area contributed by atoms with Gasteiger partial charge in [-0.25, -0.2) is 22.9 Å². The quantitative estimate of drug-likeness (QED) is 0.313. The Hall–Kier alpha value is -4.62. The molecule has 12 nitrogen and oxygen atoms in total. The number of benzene rings is 2. The zero-order chi connectivity index (χ0) is 26.8. The molecule has 5 N–H and O–H groups in total. The molecule has 0 bridgehead atoms. The summed E-state index contributed by atoms with van der Waals surface area (Å²) < 4.78 is 31.9. The van der Waals surface area contributed by atoms with Gasteiger partial charge in [0.25, 0.3) is 21.8 Å². The number of ether oxygens (including phenoxy) is 1. The molecule has 0 aliphatic rings. The third kappa shape index (κ3) is 7.95. The van der Waals surface area contributed by atoms with E-state index in [0.29, 0.717) is 18.5 Å². The Morgan fingerprint density at radius 1 is 0.865 bits per heavy atom. The number of pyridine rings is 1. The second-order valence-corrected chi connectivity index (χ2v) is 9.16. The predicted octanol–water partition coefficient (Wildman–Crippen LogP) is 0.746. The van der Waals surface area contributed by atoms with Crippen molar-refractivity contribution in [1.29, 1.82) is 0 Å². The van der Waals surface area contributed by atoms with Crippen molar-refractivity contribution < 1.29 is 32.3 Å². The van der Waals surface area contributed by atoms with Crippen LogP contribution in [0.3, 0.4) is 0 Å². The second-order valence-electron chi connectivity index (χ2n) is 7.48. The number of carbonyl (C=O) groups is 4. The molecular formula is C24H23N5O7S. The van der Waals surface area contributed by atoms with Crippen LogP contribution in [0.25, 0.3) is 0 Å². The molecule has 0 saturated carbocycles. The average Bonchev–Trinajstić information content (AvgIpc) is 2.89. The lowest BCUT2D eigenvalue weighted by Crippen LogP contribution is -2.37. The Morgan fingerprint density at radius 3 is 2.19 bits per heavy atom. The number of nitrogens with zero attached hydrogens (tertiary/aromatic N) is 1. The standard InChI is InChI=1S/C24H23N5O7S/c25-14-20(30)28-24(33)36-21-11-8-18(15-27-21)23(32)29-37(34,35)19-9-6-16(7-10-19)12-13-26-22(31)17-4-2-1-3-5-17/h1-11,15H,12-14,25H2,(H,26,31)(H,29,32)(H,28,30,33). The van der Waals surface area contributed by atoms with E-state index in [-0.39, 0.29) is 22.2 Å². The molecule has 192 valence electrons. The number of carbonyl (C=O) groups excluding carboxylic acids is 4. The molecule has 13 heteroatoms. The lowest BCUT2D eigenvalue weighted by molar-refractivity contribution is -0.118. The first kappa shape index (κ1) is 27.0. The third-order valence-corrected chi connectivity index (χ3v) is 6.17. The van der Waals surface area contributed by atoms with E-state index in [0.717, 1.165) is 17.8 Å². The Kier molecular flexibility index (Phi) is 9.02. The minimum atomic E-state index is -4.18. The van der Waals surface area contributed by atoms with Crippen LogP contribution in [0.1, 0.15) is 26.3 Å². The Labute approximate surface area is 212 Å². The van der Waals surface area contributed by atoms with Gasteiger partial charge in [-0.3, -0.25) is 19.7 Å². The summed E-state index contributed by atoms with van der Waals surface area (Å²) in [6.45, 7) is -0.0555. The topological polar surface area (TPSA) is 187 Å². The molecule has 0 aliphatic carbocycles. The molecule has 2 aromatic carbocycles. The van der Waals surface area contributed by atoms with Gasteiger partial charge in [-0.2, -0.15) is 0 Å². The van der Waals surface area contributed by atoms with Crippen LogP contribution in [-0.2, 0) is 21.2 Å². The number of rotatable bonds is 9. The lowest BCUT2D eigenvalue weighted by Gasteiger charge is -2.09. The summed E-state index contributed by atoms with van der Waals surface area (Å²) in [7, 11) is -4.18. The van der Waals surface area contributed by atoms with E-state index >= 15 is 0 Å². The van der Waals surface area contributed by atoms with E-state index in [4.69, 9.17) is 10.5 Å². The minimum absolute atomic E-state index is 0.111. The van der Waals surface area contributed by atoms with Crippen LogP contribution < -0.4 is 25.8 Å². The first-order valence-corrected chi connectivity index (χ1v) is 12.3. The highest BCUT2D eigenvalue weighted by molar-refractivity contribution is 7.90. The van der Waals surface area contributed by atoms with Gasteiger partial charge in [-0.1, -0.05) is 30.3 Å². The molecule has 0 radical (unpaired) electrons. The van der Waals surface area contributed by atoms with Crippen LogP contribution in [-0.4, -0.2) is 50.3 Å². The van der Waals surface area contributed by atoms with E-state index < -0.39 is 34.5 Å². The summed E-state index contributed by atoms with van der Waals surface area (Å²) in [6.07, 6.45) is 0.374. The fraction of sp³-hybridized carbons (Fsp3) is 0.125. The fourth-order valence-electron chi connectivity index (χ4n) is 2.95. The molecule has 3 aromatic rings. The van der Waals surface area contributed by atoms with Crippen molar-refractivity contribution in [2.75, 3.05) is 13.1 Å². The maximum absolute atomic E-state index is 12.6. The summed E-state index contributed by atoms with van der Waals surface area (Å²) in [6, 6.07) is 17.0. The van der Waals surface area contributed by atoms with Crippen molar-refractivity contribution >= 4 is 33.8 Å². The van der Waals surface area contributed by atoms with Gasteiger partial charge in [0, 0.05) is 24.4 Å². The highest BCUT2D eigenvalue weighted by Gasteiger charge is 2.19. The Balaban J connectivity index is 1.53. The number of hydrogen-bond donors (Lipinski definition) is 4. The smallest absolute Gasteiger partial charge is 0.391 e. The van der Waals surface area contributed by atoms with Gasteiger partial charge in [0.15, 0.2) is 0 Å². The molecule has 1 heterocycles. The fourth-order valence-corrected chi connectivity index (χ4v) is 3.92. The van der Waals surface area contributed by atoms with E-state index in [1.165, 1.54) is 18.2 Å². The summed E-state index contributed by atoms with van der Waals surface area (Å²) in [4.78, 5) is 50.6. The largest absolute Gasteiger partial charge is 0.420 e. The highest BCUT2D eigenvalue weighted by Crippen LogP contribution is 2.13. The number of sulfonamides is 1. The summed E-state index contributed by atoms with van der Waals surface area (Å²) in [5.41, 5.74) is 6.29. The summed E-state index contributed by atoms with van der Waals surface area (Å²) in [5.74, 6) is -2.14. The van der Waals surface area contributed by atoms with E-state index in [1.54, 1.807) is 36.4 Å². The first-order chi connectivity index (χ1) is 17.7. The molecule has 0 saturated heterocycles. The zero-order valence-corrected chi connectivity index (χ0v) is 20.2. The number of amides is 4. The summed E-state index contributed by atoms with van der Waals surface area (Å²) in [5, 5.41) is 4.64. The van der Waals surface area contributed by atoms with Crippen molar-refractivity contribution in [1.82, 2.24) is 20.3 Å². The first-order valence-electron chi connectivity index (χ1n) is 10.8. The maximum Gasteiger partial charge on any atom is 0.420 e. The van der Waals surface area contributed by atoms with Crippen molar-refractivity contribution in [3.05, 3.63) is 89.6 Å². The van der Waals surface area contributed by atoms with Crippen LogP contribution >= 0.6 is 0 Å². The molecule has 37 heavy (non-hydrogen) atoms. The number of aromatic nitrogens is 1. The molecule has 0 unspecified atom stereocenters. The second kappa shape index (κ2) is 12.4. The number of imide groups is 1. The molecule has 0 fully saturated rings. The van der Waals surface area contributed by atoms with Gasteiger partial charge < -0.3 is 15.8 Å². The molecule has 4 amide bonds. The van der Waals surface area contributed by atoms with Crippen molar-refractivity contribution in [2.45, 2.75) is 11.3 Å². The zero-order valence-electron chi connectivity index (χ0n) is 19.3. The van der Waals surface area contributed by atoms with Crippen molar-refractivity contribution in [3.8, 4) is 5.88 Å². The molecule has 3 rings (SSSR count). The van der Waals surface area contributed by atoms with Gasteiger partial charge in [0.1, 0.15) is 0 Å². The molecule has 0 atom stereocenters. The van der Waals surface area contributed by atoms with Crippen LogP contribution in [0.2, 0.25) is 0 Å². The highest BCUT2D eigenvalue weighted by atomic mass is 32.2. The van der Waals surface area contributed by atoms with Crippen LogP contribution in [0.15, 0.2) is 77.8 Å². The number of nitrogens with two attached hydrogens (primary N) is 1. The van der Waals surface area contributed by atoms with E-state index in [2.05, 4.69) is 10.3 Å². The van der Waals surface area contributed by atoms with Gasteiger partial charge in [-0.15, -0.1) is 0 Å². The molecule has 1 aromatic heterocycles. The predicted molar refractivity (Wildman–Crippen MR) is 131 cm³/mol. The van der Waals surface area contributed by atoms with E-state index in [9.17, 15) is 27.6 Å². The van der Waals surface area contributed by atoms with E-state index in [1.807, 2.05) is 16.1 Å². The molecule has 0 aliphatic heterocycles. The SMILES string of the molecule is NCC(=O)NC(=O)Oc1ccc(C(=O)NS(=O)(=O)c2ccc(CCNC(=O)c3ccccc3)cc2)cn1. The Morgan fingerprint density at radius 2 is 1.57 bits per heavy atom. The summed E-state index contributed by atoms with van der Waals surface area (Å²) >= 11 is 0. The third-order valence-electron chi connectivity index (χ3n) is 4.82.